The van der Waals surface area contributed by atoms with Gasteiger partial charge in [0.05, 0.1) is 11.6 Å². The zero-order valence-electron chi connectivity index (χ0n) is 10.6. The maximum absolute atomic E-state index is 13.7. The molecule has 0 unspecified atom stereocenters. The van der Waals surface area contributed by atoms with Crippen LogP contribution in [-0.2, 0) is 6.54 Å². The number of benzene rings is 1. The first-order valence-electron chi connectivity index (χ1n) is 6.47. The lowest BCUT2D eigenvalue weighted by molar-refractivity contribution is 0.338. The van der Waals surface area contributed by atoms with Crippen molar-refractivity contribution in [2.75, 3.05) is 0 Å². The van der Waals surface area contributed by atoms with E-state index in [4.69, 9.17) is 11.0 Å². The van der Waals surface area contributed by atoms with Gasteiger partial charge in [0.15, 0.2) is 0 Å². The van der Waals surface area contributed by atoms with Crippen molar-refractivity contribution in [2.24, 2.45) is 5.73 Å². The normalized spacial score (nSPS) is 23.1. The molecule has 0 spiro atoms. The molecule has 1 aromatic rings. The molecular weight excluding hydrogens is 248 g/mol. The van der Waals surface area contributed by atoms with E-state index in [2.05, 4.69) is 5.32 Å². The van der Waals surface area contributed by atoms with Crippen LogP contribution in [0.3, 0.4) is 0 Å². The van der Waals surface area contributed by atoms with Gasteiger partial charge in [-0.25, -0.2) is 8.78 Å². The fourth-order valence-corrected chi connectivity index (χ4v) is 2.41. The first kappa shape index (κ1) is 13.9. The molecule has 0 aliphatic heterocycles. The third-order valence-electron chi connectivity index (χ3n) is 3.61. The van der Waals surface area contributed by atoms with E-state index in [0.29, 0.717) is 0 Å². The van der Waals surface area contributed by atoms with E-state index in [9.17, 15) is 8.78 Å². The molecule has 3 nitrogen and oxygen atoms in total. The molecule has 0 heterocycles. The largest absolute Gasteiger partial charge is 0.328 e. The summed E-state index contributed by atoms with van der Waals surface area (Å²) in [6.45, 7) is 0.142. The summed E-state index contributed by atoms with van der Waals surface area (Å²) >= 11 is 0. The van der Waals surface area contributed by atoms with Crippen molar-refractivity contribution in [1.82, 2.24) is 5.32 Å². The molecule has 0 bridgehead atoms. The number of nitriles is 1. The van der Waals surface area contributed by atoms with Gasteiger partial charge in [-0.1, -0.05) is 0 Å². The van der Waals surface area contributed by atoms with Crippen molar-refractivity contribution < 1.29 is 8.78 Å². The van der Waals surface area contributed by atoms with Crippen LogP contribution in [0.5, 0.6) is 0 Å². The minimum absolute atomic E-state index is 0.00221. The molecular formula is C14H17F2N3. The number of rotatable bonds is 3. The highest BCUT2D eigenvalue weighted by atomic mass is 19.1. The van der Waals surface area contributed by atoms with Gasteiger partial charge in [0.25, 0.3) is 0 Å². The van der Waals surface area contributed by atoms with Gasteiger partial charge in [0, 0.05) is 24.2 Å². The Morgan fingerprint density at radius 1 is 1.21 bits per heavy atom. The van der Waals surface area contributed by atoms with Crippen molar-refractivity contribution in [2.45, 2.75) is 44.3 Å². The first-order chi connectivity index (χ1) is 9.10. The molecule has 1 aromatic carbocycles. The second-order valence-corrected chi connectivity index (χ2v) is 5.02. The van der Waals surface area contributed by atoms with E-state index in [0.717, 1.165) is 37.8 Å². The maximum Gasteiger partial charge on any atom is 0.131 e. The summed E-state index contributed by atoms with van der Waals surface area (Å²) in [5.41, 5.74) is 5.80. The Hall–Kier alpha value is -1.51. The number of hydrogen-bond acceptors (Lipinski definition) is 3. The molecule has 0 radical (unpaired) electrons. The Bertz CT molecular complexity index is 465. The number of halogens is 2. The third kappa shape index (κ3) is 3.49. The van der Waals surface area contributed by atoms with Gasteiger partial charge in [-0.15, -0.1) is 0 Å². The lowest BCUT2D eigenvalue weighted by Crippen LogP contribution is -2.37. The van der Waals surface area contributed by atoms with Crippen LogP contribution >= 0.6 is 0 Å². The zero-order chi connectivity index (χ0) is 13.8. The van der Waals surface area contributed by atoms with Crippen LogP contribution in [0.2, 0.25) is 0 Å². The quantitative estimate of drug-likeness (QED) is 0.880. The zero-order valence-corrected chi connectivity index (χ0v) is 10.6. The number of nitrogens with zero attached hydrogens (tertiary/aromatic N) is 1. The summed E-state index contributed by atoms with van der Waals surface area (Å²) in [6, 6.07) is 4.37. The van der Waals surface area contributed by atoms with Gasteiger partial charge < -0.3 is 11.1 Å². The maximum atomic E-state index is 13.7. The molecule has 0 amide bonds. The Morgan fingerprint density at radius 2 is 1.79 bits per heavy atom. The molecule has 1 saturated carbocycles. The number of nitrogens with one attached hydrogen (secondary N) is 1. The Balaban J connectivity index is 1.98. The smallest absolute Gasteiger partial charge is 0.131 e. The van der Waals surface area contributed by atoms with Gasteiger partial charge in [-0.2, -0.15) is 5.26 Å². The predicted molar refractivity (Wildman–Crippen MR) is 68.1 cm³/mol. The second kappa shape index (κ2) is 6.09. The van der Waals surface area contributed by atoms with Crippen molar-refractivity contribution in [3.8, 4) is 6.07 Å². The molecule has 0 saturated heterocycles. The standard InChI is InChI=1S/C14H17F2N3/c15-13-5-9(7-17)6-14(16)12(13)8-19-11-3-1-10(18)2-4-11/h5-6,10-11,19H,1-4,8,18H2. The lowest BCUT2D eigenvalue weighted by atomic mass is 9.91. The summed E-state index contributed by atoms with van der Waals surface area (Å²) in [5, 5.41) is 11.8. The second-order valence-electron chi connectivity index (χ2n) is 5.02. The minimum atomic E-state index is -0.670. The van der Waals surface area contributed by atoms with Crippen LogP contribution in [-0.4, -0.2) is 12.1 Å². The van der Waals surface area contributed by atoms with Crippen LogP contribution in [0.25, 0.3) is 0 Å². The van der Waals surface area contributed by atoms with Crippen molar-refractivity contribution in [3.05, 3.63) is 34.9 Å². The summed E-state index contributed by atoms with van der Waals surface area (Å²) < 4.78 is 27.3. The molecule has 2 rings (SSSR count). The topological polar surface area (TPSA) is 61.8 Å². The van der Waals surface area contributed by atoms with Crippen LogP contribution in [0, 0.1) is 23.0 Å². The molecule has 5 heteroatoms. The molecule has 1 fully saturated rings. The fraction of sp³-hybridized carbons (Fsp3) is 0.500. The van der Waals surface area contributed by atoms with Gasteiger partial charge in [0.1, 0.15) is 11.6 Å². The summed E-state index contributed by atoms with van der Waals surface area (Å²) in [6.07, 6.45) is 3.74. The van der Waals surface area contributed by atoms with Crippen molar-refractivity contribution >= 4 is 0 Å². The van der Waals surface area contributed by atoms with Crippen LogP contribution in [0.1, 0.15) is 36.8 Å². The number of hydrogen-bond donors (Lipinski definition) is 2. The predicted octanol–water partition coefficient (Wildman–Crippen LogP) is 2.20. The summed E-state index contributed by atoms with van der Waals surface area (Å²) in [4.78, 5) is 0. The van der Waals surface area contributed by atoms with E-state index in [1.807, 2.05) is 0 Å². The van der Waals surface area contributed by atoms with Gasteiger partial charge in [-0.3, -0.25) is 0 Å². The number of nitrogens with two attached hydrogens (primary N) is 1. The van der Waals surface area contributed by atoms with E-state index < -0.39 is 11.6 Å². The SMILES string of the molecule is N#Cc1cc(F)c(CNC2CCC(N)CC2)c(F)c1. The molecule has 0 atom stereocenters. The first-order valence-corrected chi connectivity index (χ1v) is 6.47. The average molecular weight is 265 g/mol. The molecule has 0 aromatic heterocycles. The Labute approximate surface area is 111 Å². The molecule has 1 aliphatic rings. The molecule has 3 N–H and O–H groups in total. The van der Waals surface area contributed by atoms with Crippen LogP contribution in [0.15, 0.2) is 12.1 Å². The van der Waals surface area contributed by atoms with Crippen LogP contribution in [0.4, 0.5) is 8.78 Å². The summed E-state index contributed by atoms with van der Waals surface area (Å²) in [5.74, 6) is -1.34. The molecule has 19 heavy (non-hydrogen) atoms. The van der Waals surface area contributed by atoms with Gasteiger partial charge >= 0.3 is 0 Å². The highest BCUT2D eigenvalue weighted by molar-refractivity contribution is 5.34. The van der Waals surface area contributed by atoms with Crippen molar-refractivity contribution in [3.63, 3.8) is 0 Å². The third-order valence-corrected chi connectivity index (χ3v) is 3.61. The Morgan fingerprint density at radius 3 is 2.32 bits per heavy atom. The molecule has 1 aliphatic carbocycles. The lowest BCUT2D eigenvalue weighted by Gasteiger charge is -2.27. The van der Waals surface area contributed by atoms with E-state index in [-0.39, 0.29) is 29.8 Å². The Kier molecular flexibility index (Phi) is 4.46. The van der Waals surface area contributed by atoms with E-state index >= 15 is 0 Å². The van der Waals surface area contributed by atoms with Gasteiger partial charge in [0.2, 0.25) is 0 Å². The molecule has 102 valence electrons. The fourth-order valence-electron chi connectivity index (χ4n) is 2.41. The van der Waals surface area contributed by atoms with Crippen LogP contribution < -0.4 is 11.1 Å². The monoisotopic (exact) mass is 265 g/mol. The minimum Gasteiger partial charge on any atom is -0.328 e. The summed E-state index contributed by atoms with van der Waals surface area (Å²) in [7, 11) is 0. The highest BCUT2D eigenvalue weighted by Crippen LogP contribution is 2.19. The van der Waals surface area contributed by atoms with E-state index in [1.165, 1.54) is 0 Å². The highest BCUT2D eigenvalue weighted by Gasteiger charge is 2.19. The van der Waals surface area contributed by atoms with Gasteiger partial charge in [-0.05, 0) is 37.8 Å². The van der Waals surface area contributed by atoms with E-state index in [1.54, 1.807) is 6.07 Å². The average Bonchev–Trinajstić information content (AvgIpc) is 2.39. The van der Waals surface area contributed by atoms with Crippen molar-refractivity contribution in [1.29, 1.82) is 5.26 Å².